The average molecular weight is 420 g/mol. The van der Waals surface area contributed by atoms with Crippen molar-refractivity contribution in [2.75, 3.05) is 11.1 Å². The zero-order chi connectivity index (χ0) is 18.8. The molecule has 3 aromatic heterocycles. The van der Waals surface area contributed by atoms with Crippen LogP contribution in [-0.2, 0) is 24.1 Å². The number of fused-ring (bicyclic) bond motifs is 1. The van der Waals surface area contributed by atoms with Gasteiger partial charge in [-0.25, -0.2) is 4.98 Å². The Morgan fingerprint density at radius 3 is 3.04 bits per heavy atom. The SMILES string of the molecule is NC(=O)c1c(NC(=O)CSc2n[nH]c(Cc3cccs3)n2)sc2c1CCC2. The highest BCUT2D eigenvalue weighted by Crippen LogP contribution is 2.38. The Kier molecular flexibility index (Phi) is 5.28. The lowest BCUT2D eigenvalue weighted by Gasteiger charge is -2.05. The maximum absolute atomic E-state index is 12.3. The molecule has 1 aliphatic carbocycles. The molecular formula is C17H17N5O2S3. The summed E-state index contributed by atoms with van der Waals surface area (Å²) in [5.41, 5.74) is 7.00. The van der Waals surface area contributed by atoms with E-state index in [1.54, 1.807) is 11.3 Å². The number of aromatic nitrogens is 3. The molecule has 140 valence electrons. The lowest BCUT2D eigenvalue weighted by molar-refractivity contribution is -0.113. The first-order valence-corrected chi connectivity index (χ1v) is 11.1. The molecule has 27 heavy (non-hydrogen) atoms. The maximum Gasteiger partial charge on any atom is 0.251 e. The van der Waals surface area contributed by atoms with Gasteiger partial charge in [-0.15, -0.1) is 27.8 Å². The number of anilines is 1. The number of aromatic amines is 1. The van der Waals surface area contributed by atoms with E-state index in [1.807, 2.05) is 17.5 Å². The molecule has 3 aromatic rings. The first kappa shape index (κ1) is 18.2. The molecule has 0 radical (unpaired) electrons. The lowest BCUT2D eigenvalue weighted by atomic mass is 10.1. The van der Waals surface area contributed by atoms with Gasteiger partial charge >= 0.3 is 0 Å². The van der Waals surface area contributed by atoms with Gasteiger partial charge in [-0.1, -0.05) is 17.8 Å². The number of carbonyl (C=O) groups excluding carboxylic acids is 2. The number of H-pyrrole nitrogens is 1. The molecule has 0 saturated carbocycles. The molecule has 4 N–H and O–H groups in total. The number of rotatable bonds is 7. The van der Waals surface area contributed by atoms with Gasteiger partial charge in [0.1, 0.15) is 10.8 Å². The molecule has 0 fully saturated rings. The monoisotopic (exact) mass is 419 g/mol. The minimum absolute atomic E-state index is 0.164. The van der Waals surface area contributed by atoms with E-state index in [0.717, 1.165) is 35.5 Å². The standard InChI is InChI=1S/C17H17N5O2S3/c18-15(24)14-10-4-1-5-11(10)27-16(14)20-13(23)8-26-17-19-12(21-22-17)7-9-3-2-6-25-9/h2-3,6H,1,4-5,7-8H2,(H2,18,24)(H,20,23)(H,19,21,22). The Balaban J connectivity index is 1.35. The minimum atomic E-state index is -0.482. The van der Waals surface area contributed by atoms with Gasteiger partial charge in [0.25, 0.3) is 5.91 Å². The van der Waals surface area contributed by atoms with Crippen molar-refractivity contribution in [3.8, 4) is 0 Å². The number of nitrogens with zero attached hydrogens (tertiary/aromatic N) is 2. The Labute approximate surface area is 167 Å². The zero-order valence-corrected chi connectivity index (χ0v) is 16.7. The number of nitrogens with two attached hydrogens (primary N) is 1. The third-order valence-electron chi connectivity index (χ3n) is 4.19. The molecular weight excluding hydrogens is 402 g/mol. The second kappa shape index (κ2) is 7.83. The molecule has 4 rings (SSSR count). The molecule has 0 atom stereocenters. The molecule has 1 aliphatic rings. The number of carbonyl (C=O) groups is 2. The number of hydrogen-bond donors (Lipinski definition) is 3. The van der Waals surface area contributed by atoms with Crippen LogP contribution in [0.1, 0.15) is 37.9 Å². The minimum Gasteiger partial charge on any atom is -0.365 e. The number of aryl methyl sites for hydroxylation is 1. The molecule has 0 bridgehead atoms. The Hall–Kier alpha value is -2.17. The van der Waals surface area contributed by atoms with Gasteiger partial charge in [0, 0.05) is 16.2 Å². The van der Waals surface area contributed by atoms with Crippen molar-refractivity contribution in [2.24, 2.45) is 5.73 Å². The summed E-state index contributed by atoms with van der Waals surface area (Å²) in [5, 5.41) is 13.0. The van der Waals surface area contributed by atoms with E-state index in [2.05, 4.69) is 20.5 Å². The van der Waals surface area contributed by atoms with Crippen molar-refractivity contribution in [1.29, 1.82) is 0 Å². The van der Waals surface area contributed by atoms with Crippen molar-refractivity contribution in [2.45, 2.75) is 30.8 Å². The van der Waals surface area contributed by atoms with Crippen LogP contribution in [0.3, 0.4) is 0 Å². The molecule has 0 aromatic carbocycles. The summed E-state index contributed by atoms with van der Waals surface area (Å²) in [5.74, 6) is 0.250. The second-order valence-corrected chi connectivity index (χ2v) is 9.16. The van der Waals surface area contributed by atoms with E-state index in [4.69, 9.17) is 5.73 Å². The molecule has 7 nitrogen and oxygen atoms in total. The van der Waals surface area contributed by atoms with Crippen LogP contribution in [0.5, 0.6) is 0 Å². The second-order valence-electron chi connectivity index (χ2n) is 6.08. The van der Waals surface area contributed by atoms with Crippen LogP contribution >= 0.6 is 34.4 Å². The number of amides is 2. The summed E-state index contributed by atoms with van der Waals surface area (Å²) < 4.78 is 0. The van der Waals surface area contributed by atoms with E-state index in [-0.39, 0.29) is 11.7 Å². The lowest BCUT2D eigenvalue weighted by Crippen LogP contribution is -2.18. The van der Waals surface area contributed by atoms with E-state index in [0.29, 0.717) is 22.1 Å². The summed E-state index contributed by atoms with van der Waals surface area (Å²) in [6.45, 7) is 0. The van der Waals surface area contributed by atoms with Crippen LogP contribution < -0.4 is 11.1 Å². The fourth-order valence-corrected chi connectivity index (χ4v) is 5.68. The summed E-state index contributed by atoms with van der Waals surface area (Å²) in [4.78, 5) is 30.8. The molecule has 2 amide bonds. The van der Waals surface area contributed by atoms with E-state index in [1.165, 1.54) is 28.0 Å². The number of nitrogens with one attached hydrogen (secondary N) is 2. The van der Waals surface area contributed by atoms with Crippen LogP contribution in [0, 0.1) is 0 Å². The predicted molar refractivity (Wildman–Crippen MR) is 108 cm³/mol. The smallest absolute Gasteiger partial charge is 0.251 e. The highest BCUT2D eigenvalue weighted by Gasteiger charge is 2.26. The average Bonchev–Trinajstić information content (AvgIpc) is 3.37. The van der Waals surface area contributed by atoms with Gasteiger partial charge in [-0.05, 0) is 36.3 Å². The Bertz CT molecular complexity index is 977. The highest BCUT2D eigenvalue weighted by molar-refractivity contribution is 7.99. The maximum atomic E-state index is 12.3. The van der Waals surface area contributed by atoms with E-state index >= 15 is 0 Å². The fourth-order valence-electron chi connectivity index (χ4n) is 3.05. The molecule has 0 spiro atoms. The molecule has 0 saturated heterocycles. The van der Waals surface area contributed by atoms with Crippen LogP contribution in [-0.4, -0.2) is 32.7 Å². The largest absolute Gasteiger partial charge is 0.365 e. The number of hydrogen-bond acceptors (Lipinski definition) is 7. The fraction of sp³-hybridized carbons (Fsp3) is 0.294. The Morgan fingerprint density at radius 1 is 1.37 bits per heavy atom. The Morgan fingerprint density at radius 2 is 2.26 bits per heavy atom. The third-order valence-corrected chi connectivity index (χ3v) is 7.12. The van der Waals surface area contributed by atoms with Gasteiger partial charge in [0.2, 0.25) is 11.1 Å². The number of thioether (sulfide) groups is 1. The first-order valence-electron chi connectivity index (χ1n) is 8.41. The summed E-state index contributed by atoms with van der Waals surface area (Å²) in [6.07, 6.45) is 3.51. The van der Waals surface area contributed by atoms with Crippen molar-refractivity contribution in [3.05, 3.63) is 44.2 Å². The zero-order valence-electron chi connectivity index (χ0n) is 14.3. The van der Waals surface area contributed by atoms with Crippen molar-refractivity contribution in [3.63, 3.8) is 0 Å². The van der Waals surface area contributed by atoms with Crippen LogP contribution in [0.15, 0.2) is 22.7 Å². The van der Waals surface area contributed by atoms with Gasteiger partial charge < -0.3 is 11.1 Å². The van der Waals surface area contributed by atoms with E-state index in [9.17, 15) is 9.59 Å². The van der Waals surface area contributed by atoms with Gasteiger partial charge in [-0.2, -0.15) is 0 Å². The van der Waals surface area contributed by atoms with Crippen molar-refractivity contribution < 1.29 is 9.59 Å². The summed E-state index contributed by atoms with van der Waals surface area (Å²) in [6, 6.07) is 4.04. The highest BCUT2D eigenvalue weighted by atomic mass is 32.2. The predicted octanol–water partition coefficient (Wildman–Crippen LogP) is 2.84. The van der Waals surface area contributed by atoms with Crippen LogP contribution in [0.4, 0.5) is 5.00 Å². The van der Waals surface area contributed by atoms with Gasteiger partial charge in [0.05, 0.1) is 11.3 Å². The van der Waals surface area contributed by atoms with Crippen LogP contribution in [0.2, 0.25) is 0 Å². The first-order chi connectivity index (χ1) is 13.1. The molecule has 10 heteroatoms. The summed E-state index contributed by atoms with van der Waals surface area (Å²) in [7, 11) is 0. The topological polar surface area (TPSA) is 114 Å². The quantitative estimate of drug-likeness (QED) is 0.510. The summed E-state index contributed by atoms with van der Waals surface area (Å²) >= 11 is 4.37. The van der Waals surface area contributed by atoms with E-state index < -0.39 is 5.91 Å². The molecule has 3 heterocycles. The molecule has 0 aliphatic heterocycles. The van der Waals surface area contributed by atoms with Crippen molar-refractivity contribution >= 4 is 51.3 Å². The normalized spacial score (nSPS) is 12.9. The van der Waals surface area contributed by atoms with Gasteiger partial charge in [-0.3, -0.25) is 14.7 Å². The number of primary amides is 1. The van der Waals surface area contributed by atoms with Gasteiger partial charge in [0.15, 0.2) is 0 Å². The van der Waals surface area contributed by atoms with Crippen molar-refractivity contribution in [1.82, 2.24) is 15.2 Å². The molecule has 0 unspecified atom stereocenters. The van der Waals surface area contributed by atoms with Crippen LogP contribution in [0.25, 0.3) is 0 Å². The third kappa shape index (κ3) is 4.07. The number of thiophene rings is 2.